The molecule has 3 heteroatoms. The lowest BCUT2D eigenvalue weighted by atomic mass is 9.93. The summed E-state index contributed by atoms with van der Waals surface area (Å²) in [5.41, 5.74) is 2.25. The number of nitrogens with zero attached hydrogens (tertiary/aromatic N) is 1. The number of fused-ring (bicyclic) bond motifs is 1. The van der Waals surface area contributed by atoms with Crippen LogP contribution < -0.4 is 4.74 Å². The number of hydrogen-bond acceptors (Lipinski definition) is 2. The summed E-state index contributed by atoms with van der Waals surface area (Å²) in [7, 11) is 0. The van der Waals surface area contributed by atoms with Gasteiger partial charge in [0.25, 0.3) is 0 Å². The number of para-hydroxylation sites is 1. The first kappa shape index (κ1) is 12.3. The Balaban J connectivity index is 1.87. The topological polar surface area (TPSA) is 34.4 Å². The molecule has 0 fully saturated rings. The molecule has 0 saturated heterocycles. The van der Waals surface area contributed by atoms with Gasteiger partial charge in [0.1, 0.15) is 5.75 Å². The van der Waals surface area contributed by atoms with Crippen molar-refractivity contribution in [2.24, 2.45) is 0 Å². The van der Waals surface area contributed by atoms with Crippen molar-refractivity contribution in [1.82, 2.24) is 4.57 Å². The van der Waals surface area contributed by atoms with Gasteiger partial charge >= 0.3 is 0 Å². The van der Waals surface area contributed by atoms with Gasteiger partial charge < -0.3 is 14.4 Å². The van der Waals surface area contributed by atoms with Crippen LogP contribution in [-0.2, 0) is 6.54 Å². The van der Waals surface area contributed by atoms with Crippen LogP contribution in [0, 0.1) is 0 Å². The third-order valence-electron chi connectivity index (χ3n) is 3.79. The van der Waals surface area contributed by atoms with Crippen molar-refractivity contribution in [1.29, 1.82) is 0 Å². The maximum absolute atomic E-state index is 9.77. The van der Waals surface area contributed by atoms with E-state index in [1.165, 1.54) is 5.56 Å². The molecule has 3 rings (SSSR count). The summed E-state index contributed by atoms with van der Waals surface area (Å²) in [5.74, 6) is 1.46. The predicted molar refractivity (Wildman–Crippen MR) is 74.4 cm³/mol. The van der Waals surface area contributed by atoms with E-state index in [9.17, 15) is 5.11 Å². The molecule has 1 aromatic heterocycles. The zero-order valence-corrected chi connectivity index (χ0v) is 11.1. The van der Waals surface area contributed by atoms with E-state index in [4.69, 9.17) is 4.74 Å². The largest absolute Gasteiger partial charge is 0.493 e. The lowest BCUT2D eigenvalue weighted by molar-refractivity contribution is 0.186. The van der Waals surface area contributed by atoms with Gasteiger partial charge in [-0.25, -0.2) is 0 Å². The van der Waals surface area contributed by atoms with Crippen LogP contribution in [0.3, 0.4) is 0 Å². The molecule has 0 bridgehead atoms. The van der Waals surface area contributed by atoms with E-state index in [1.807, 2.05) is 37.4 Å². The predicted octanol–water partition coefficient (Wildman–Crippen LogP) is 3.11. The van der Waals surface area contributed by atoms with Crippen LogP contribution in [0.5, 0.6) is 5.75 Å². The van der Waals surface area contributed by atoms with E-state index in [1.54, 1.807) is 0 Å². The van der Waals surface area contributed by atoms with Gasteiger partial charge in [-0.3, -0.25) is 0 Å². The Bertz CT molecular complexity index is 559. The summed E-state index contributed by atoms with van der Waals surface area (Å²) in [6.07, 6.45) is 2.64. The van der Waals surface area contributed by atoms with Gasteiger partial charge in [-0.15, -0.1) is 0 Å². The zero-order chi connectivity index (χ0) is 13.2. The summed E-state index contributed by atoms with van der Waals surface area (Å²) < 4.78 is 7.84. The molecule has 2 atom stereocenters. The highest BCUT2D eigenvalue weighted by molar-refractivity contribution is 5.37. The normalized spacial score (nSPS) is 19.6. The van der Waals surface area contributed by atoms with Crippen molar-refractivity contribution >= 4 is 0 Å². The average molecular weight is 257 g/mol. The van der Waals surface area contributed by atoms with Gasteiger partial charge in [0.15, 0.2) is 0 Å². The number of aliphatic hydroxyl groups is 1. The molecule has 1 N–H and O–H groups in total. The standard InChI is InChI=1S/C16H19NO2/c1-12(18)15-6-4-9-17(15)11-13-8-10-19-16-7-3-2-5-14(13)16/h2-7,9,12-13,18H,8,10-11H2,1H3. The Kier molecular flexibility index (Phi) is 3.30. The van der Waals surface area contributed by atoms with E-state index in [2.05, 4.69) is 16.7 Å². The smallest absolute Gasteiger partial charge is 0.122 e. The molecule has 1 aromatic carbocycles. The molecule has 0 spiro atoms. The van der Waals surface area contributed by atoms with E-state index in [0.29, 0.717) is 5.92 Å². The molecule has 2 aromatic rings. The van der Waals surface area contributed by atoms with E-state index < -0.39 is 6.10 Å². The van der Waals surface area contributed by atoms with Crippen LogP contribution in [0.4, 0.5) is 0 Å². The Labute approximate surface area is 113 Å². The second kappa shape index (κ2) is 5.10. The molecular weight excluding hydrogens is 238 g/mol. The van der Waals surface area contributed by atoms with Gasteiger partial charge in [0.05, 0.1) is 12.7 Å². The fourth-order valence-electron chi connectivity index (χ4n) is 2.82. The van der Waals surface area contributed by atoms with Crippen LogP contribution in [0.2, 0.25) is 0 Å². The third-order valence-corrected chi connectivity index (χ3v) is 3.79. The monoisotopic (exact) mass is 257 g/mol. The molecule has 0 amide bonds. The second-order valence-electron chi connectivity index (χ2n) is 5.13. The zero-order valence-electron chi connectivity index (χ0n) is 11.1. The van der Waals surface area contributed by atoms with E-state index in [-0.39, 0.29) is 0 Å². The van der Waals surface area contributed by atoms with Crippen LogP contribution in [0.25, 0.3) is 0 Å². The number of hydrogen-bond donors (Lipinski definition) is 1. The molecule has 3 nitrogen and oxygen atoms in total. The Morgan fingerprint density at radius 1 is 1.32 bits per heavy atom. The molecule has 0 aliphatic carbocycles. The lowest BCUT2D eigenvalue weighted by Crippen LogP contribution is -2.19. The van der Waals surface area contributed by atoms with Crippen LogP contribution >= 0.6 is 0 Å². The fraction of sp³-hybridized carbons (Fsp3) is 0.375. The fourth-order valence-corrected chi connectivity index (χ4v) is 2.82. The molecule has 1 aliphatic rings. The SMILES string of the molecule is CC(O)c1cccn1CC1CCOc2ccccc21. The highest BCUT2D eigenvalue weighted by Crippen LogP contribution is 2.34. The Hall–Kier alpha value is -1.74. The summed E-state index contributed by atoms with van der Waals surface area (Å²) in [6.45, 7) is 3.48. The van der Waals surface area contributed by atoms with Gasteiger partial charge in [-0.05, 0) is 37.1 Å². The summed E-state index contributed by atoms with van der Waals surface area (Å²) in [5, 5.41) is 9.77. The second-order valence-corrected chi connectivity index (χ2v) is 5.13. The van der Waals surface area contributed by atoms with Gasteiger partial charge in [0.2, 0.25) is 0 Å². The van der Waals surface area contributed by atoms with Crippen molar-refractivity contribution in [3.63, 3.8) is 0 Å². The van der Waals surface area contributed by atoms with Crippen molar-refractivity contribution in [2.75, 3.05) is 6.61 Å². The Morgan fingerprint density at radius 3 is 3.00 bits per heavy atom. The summed E-state index contributed by atoms with van der Waals surface area (Å²) in [6, 6.07) is 12.2. The highest BCUT2D eigenvalue weighted by Gasteiger charge is 2.22. The number of rotatable bonds is 3. The number of aliphatic hydroxyl groups excluding tert-OH is 1. The number of benzene rings is 1. The van der Waals surface area contributed by atoms with E-state index in [0.717, 1.165) is 31.0 Å². The highest BCUT2D eigenvalue weighted by atomic mass is 16.5. The minimum atomic E-state index is -0.426. The Morgan fingerprint density at radius 2 is 2.16 bits per heavy atom. The molecule has 2 heterocycles. The van der Waals surface area contributed by atoms with Crippen molar-refractivity contribution in [3.05, 3.63) is 53.9 Å². The van der Waals surface area contributed by atoms with Crippen LogP contribution in [0.15, 0.2) is 42.6 Å². The van der Waals surface area contributed by atoms with Gasteiger partial charge in [0, 0.05) is 24.4 Å². The molecule has 1 aliphatic heterocycles. The number of aromatic nitrogens is 1. The van der Waals surface area contributed by atoms with E-state index >= 15 is 0 Å². The van der Waals surface area contributed by atoms with Crippen molar-refractivity contribution in [2.45, 2.75) is 31.9 Å². The van der Waals surface area contributed by atoms with Gasteiger partial charge in [-0.1, -0.05) is 18.2 Å². The first-order valence-corrected chi connectivity index (χ1v) is 6.80. The third kappa shape index (κ3) is 2.38. The van der Waals surface area contributed by atoms with Gasteiger partial charge in [-0.2, -0.15) is 0 Å². The average Bonchev–Trinajstić information content (AvgIpc) is 2.87. The minimum Gasteiger partial charge on any atom is -0.493 e. The molecular formula is C16H19NO2. The molecule has 19 heavy (non-hydrogen) atoms. The summed E-state index contributed by atoms with van der Waals surface area (Å²) in [4.78, 5) is 0. The number of ether oxygens (including phenoxy) is 1. The van der Waals surface area contributed by atoms with Crippen molar-refractivity contribution < 1.29 is 9.84 Å². The van der Waals surface area contributed by atoms with Crippen LogP contribution in [0.1, 0.15) is 36.6 Å². The van der Waals surface area contributed by atoms with Crippen LogP contribution in [-0.4, -0.2) is 16.3 Å². The lowest BCUT2D eigenvalue weighted by Gasteiger charge is -2.27. The maximum Gasteiger partial charge on any atom is 0.122 e. The first-order valence-electron chi connectivity index (χ1n) is 6.80. The summed E-state index contributed by atoms with van der Waals surface area (Å²) >= 11 is 0. The quantitative estimate of drug-likeness (QED) is 0.916. The maximum atomic E-state index is 9.77. The molecule has 0 saturated carbocycles. The minimum absolute atomic E-state index is 0.426. The molecule has 0 radical (unpaired) electrons. The first-order chi connectivity index (χ1) is 9.25. The van der Waals surface area contributed by atoms with Crippen molar-refractivity contribution in [3.8, 4) is 5.75 Å². The molecule has 2 unspecified atom stereocenters. The molecule has 100 valence electrons.